The van der Waals surface area contributed by atoms with Crippen molar-refractivity contribution in [2.24, 2.45) is 0 Å². The molecule has 1 aliphatic rings. The van der Waals surface area contributed by atoms with Crippen LogP contribution in [0.1, 0.15) is 24.6 Å². The van der Waals surface area contributed by atoms with Crippen LogP contribution in [0.2, 0.25) is 0 Å². The van der Waals surface area contributed by atoms with Crippen molar-refractivity contribution in [2.75, 3.05) is 5.73 Å². The zero-order valence-electron chi connectivity index (χ0n) is 9.45. The molecule has 0 atom stereocenters. The highest BCUT2D eigenvalue weighted by molar-refractivity contribution is 7.19. The average molecular weight is 258 g/mol. The van der Waals surface area contributed by atoms with Gasteiger partial charge >= 0.3 is 0 Å². The van der Waals surface area contributed by atoms with Gasteiger partial charge in [-0.05, 0) is 25.0 Å². The summed E-state index contributed by atoms with van der Waals surface area (Å²) in [5.41, 5.74) is 6.47. The van der Waals surface area contributed by atoms with Crippen molar-refractivity contribution in [1.82, 2.24) is 24.8 Å². The molecule has 6 nitrogen and oxygen atoms in total. The van der Waals surface area contributed by atoms with E-state index in [1.54, 1.807) is 6.07 Å². The van der Waals surface area contributed by atoms with Crippen LogP contribution < -0.4 is 5.73 Å². The molecule has 0 bridgehead atoms. The summed E-state index contributed by atoms with van der Waals surface area (Å²) in [6.45, 7) is 0. The van der Waals surface area contributed by atoms with Gasteiger partial charge in [0.25, 0.3) is 0 Å². The fraction of sp³-hybridized carbons (Fsp3) is 0.273. The summed E-state index contributed by atoms with van der Waals surface area (Å²) in [7, 11) is 0. The maximum atomic E-state index is 5.68. The van der Waals surface area contributed by atoms with E-state index < -0.39 is 0 Å². The van der Waals surface area contributed by atoms with Gasteiger partial charge in [0.1, 0.15) is 11.5 Å². The van der Waals surface area contributed by atoms with Crippen molar-refractivity contribution in [3.05, 3.63) is 24.0 Å². The summed E-state index contributed by atoms with van der Waals surface area (Å²) >= 11 is 1.49. The number of fused-ring (bicyclic) bond motifs is 1. The molecule has 4 rings (SSSR count). The standard InChI is InChI=1S/C11H10N6S/c12-8-3-1-2-7(13-8)10-16-17-9(6-4-5-6)14-15-11(17)18-10/h1-3,6H,4-5H2,(H2,12,13). The minimum Gasteiger partial charge on any atom is -0.384 e. The number of nitrogens with two attached hydrogens (primary N) is 1. The number of nitrogens with zero attached hydrogens (tertiary/aromatic N) is 5. The molecule has 7 heteroatoms. The number of pyridine rings is 1. The summed E-state index contributed by atoms with van der Waals surface area (Å²) in [6, 6.07) is 5.54. The highest BCUT2D eigenvalue weighted by Gasteiger charge is 2.30. The predicted molar refractivity (Wildman–Crippen MR) is 68.3 cm³/mol. The molecule has 18 heavy (non-hydrogen) atoms. The second-order valence-corrected chi connectivity index (χ2v) is 5.34. The first-order chi connectivity index (χ1) is 8.81. The van der Waals surface area contributed by atoms with Gasteiger partial charge < -0.3 is 5.73 Å². The Hall–Kier alpha value is -2.02. The van der Waals surface area contributed by atoms with Crippen LogP contribution in [0.3, 0.4) is 0 Å². The van der Waals surface area contributed by atoms with Crippen LogP contribution in [-0.4, -0.2) is 24.8 Å². The topological polar surface area (TPSA) is 82.0 Å². The Bertz CT molecular complexity index is 726. The van der Waals surface area contributed by atoms with E-state index in [2.05, 4.69) is 20.3 Å². The summed E-state index contributed by atoms with van der Waals surface area (Å²) in [5.74, 6) is 2.00. The molecular formula is C11H10N6S. The number of hydrogen-bond acceptors (Lipinski definition) is 6. The Morgan fingerprint density at radius 1 is 1.28 bits per heavy atom. The molecule has 3 heterocycles. The van der Waals surface area contributed by atoms with Gasteiger partial charge in [-0.3, -0.25) is 0 Å². The van der Waals surface area contributed by atoms with E-state index in [1.807, 2.05) is 16.6 Å². The van der Waals surface area contributed by atoms with Crippen molar-refractivity contribution < 1.29 is 0 Å². The zero-order chi connectivity index (χ0) is 12.1. The number of hydrogen-bond donors (Lipinski definition) is 1. The van der Waals surface area contributed by atoms with Gasteiger partial charge in [0.2, 0.25) is 4.96 Å². The van der Waals surface area contributed by atoms with Crippen LogP contribution in [0, 0.1) is 0 Å². The molecule has 1 aliphatic carbocycles. The van der Waals surface area contributed by atoms with Gasteiger partial charge in [-0.2, -0.15) is 9.61 Å². The largest absolute Gasteiger partial charge is 0.384 e. The third-order valence-corrected chi connectivity index (χ3v) is 3.87. The summed E-state index contributed by atoms with van der Waals surface area (Å²) in [6.07, 6.45) is 2.37. The van der Waals surface area contributed by atoms with Crippen LogP contribution in [0.5, 0.6) is 0 Å². The fourth-order valence-electron chi connectivity index (χ4n) is 1.90. The molecule has 0 saturated heterocycles. The van der Waals surface area contributed by atoms with Gasteiger partial charge in [-0.15, -0.1) is 10.2 Å². The minimum absolute atomic E-state index is 0.501. The quantitative estimate of drug-likeness (QED) is 0.756. The van der Waals surface area contributed by atoms with E-state index in [0.717, 1.165) is 21.5 Å². The maximum absolute atomic E-state index is 5.68. The smallest absolute Gasteiger partial charge is 0.235 e. The summed E-state index contributed by atoms with van der Waals surface area (Å²) in [4.78, 5) is 5.09. The van der Waals surface area contributed by atoms with Crippen LogP contribution in [0.25, 0.3) is 15.7 Å². The van der Waals surface area contributed by atoms with Crippen molar-refractivity contribution in [1.29, 1.82) is 0 Å². The first-order valence-electron chi connectivity index (χ1n) is 5.76. The van der Waals surface area contributed by atoms with Crippen molar-refractivity contribution in [3.63, 3.8) is 0 Å². The van der Waals surface area contributed by atoms with Crippen LogP contribution in [0.4, 0.5) is 5.82 Å². The monoisotopic (exact) mass is 258 g/mol. The van der Waals surface area contributed by atoms with Crippen molar-refractivity contribution >= 4 is 22.1 Å². The van der Waals surface area contributed by atoms with E-state index >= 15 is 0 Å². The zero-order valence-corrected chi connectivity index (χ0v) is 10.3. The van der Waals surface area contributed by atoms with E-state index in [9.17, 15) is 0 Å². The molecule has 0 aromatic carbocycles. The van der Waals surface area contributed by atoms with Crippen LogP contribution in [-0.2, 0) is 0 Å². The van der Waals surface area contributed by atoms with Crippen molar-refractivity contribution in [2.45, 2.75) is 18.8 Å². The van der Waals surface area contributed by atoms with Crippen molar-refractivity contribution in [3.8, 4) is 10.7 Å². The number of nitrogen functional groups attached to an aromatic ring is 1. The lowest BCUT2D eigenvalue weighted by Gasteiger charge is -1.95. The Kier molecular flexibility index (Phi) is 1.93. The highest BCUT2D eigenvalue weighted by atomic mass is 32.1. The lowest BCUT2D eigenvalue weighted by molar-refractivity contribution is 0.827. The summed E-state index contributed by atoms with van der Waals surface area (Å²) in [5, 5.41) is 13.7. The average Bonchev–Trinajstić information content (AvgIpc) is 2.99. The SMILES string of the molecule is Nc1cccc(-c2nn3c(C4CC4)nnc3s2)n1. The second-order valence-electron chi connectivity index (χ2n) is 4.38. The van der Waals surface area contributed by atoms with E-state index in [-0.39, 0.29) is 0 Å². The molecule has 0 aliphatic heterocycles. The molecule has 0 spiro atoms. The lowest BCUT2D eigenvalue weighted by Crippen LogP contribution is -1.95. The fourth-order valence-corrected chi connectivity index (χ4v) is 2.72. The first kappa shape index (κ1) is 9.95. The molecule has 1 saturated carbocycles. The maximum Gasteiger partial charge on any atom is 0.235 e. The number of aromatic nitrogens is 5. The van der Waals surface area contributed by atoms with Gasteiger partial charge in [-0.25, -0.2) is 4.98 Å². The Morgan fingerprint density at radius 3 is 2.94 bits per heavy atom. The third-order valence-electron chi connectivity index (χ3n) is 2.95. The third kappa shape index (κ3) is 1.47. The van der Waals surface area contributed by atoms with E-state index in [1.165, 1.54) is 24.2 Å². The van der Waals surface area contributed by atoms with Gasteiger partial charge in [0, 0.05) is 5.92 Å². The molecule has 0 radical (unpaired) electrons. The number of anilines is 1. The second kappa shape index (κ2) is 3.49. The van der Waals surface area contributed by atoms with Gasteiger partial charge in [-0.1, -0.05) is 17.4 Å². The molecule has 3 aromatic heterocycles. The molecule has 0 unspecified atom stereocenters. The Labute approximate surface area is 106 Å². The Balaban J connectivity index is 1.86. The lowest BCUT2D eigenvalue weighted by atomic mass is 10.3. The molecule has 0 amide bonds. The first-order valence-corrected chi connectivity index (χ1v) is 6.58. The minimum atomic E-state index is 0.501. The molecule has 1 fully saturated rings. The van der Waals surface area contributed by atoms with Gasteiger partial charge in [0.15, 0.2) is 10.8 Å². The van der Waals surface area contributed by atoms with Crippen LogP contribution >= 0.6 is 11.3 Å². The van der Waals surface area contributed by atoms with Gasteiger partial charge in [0.05, 0.1) is 0 Å². The summed E-state index contributed by atoms with van der Waals surface area (Å²) < 4.78 is 1.84. The molecule has 90 valence electrons. The highest BCUT2D eigenvalue weighted by Crippen LogP contribution is 2.39. The predicted octanol–water partition coefficient (Wildman–Crippen LogP) is 1.71. The van der Waals surface area contributed by atoms with E-state index in [0.29, 0.717) is 11.7 Å². The molecule has 3 aromatic rings. The molecular weight excluding hydrogens is 248 g/mol. The molecule has 2 N–H and O–H groups in total. The van der Waals surface area contributed by atoms with E-state index in [4.69, 9.17) is 5.73 Å². The Morgan fingerprint density at radius 2 is 2.17 bits per heavy atom. The van der Waals surface area contributed by atoms with Crippen LogP contribution in [0.15, 0.2) is 18.2 Å². The number of rotatable bonds is 2. The normalized spacial score (nSPS) is 15.3.